The number of aromatic nitrogens is 1. The quantitative estimate of drug-likeness (QED) is 0.155. The van der Waals surface area contributed by atoms with Crippen molar-refractivity contribution in [3.05, 3.63) is 277 Å². The molecule has 13 rings (SSSR count). The van der Waals surface area contributed by atoms with Crippen LogP contribution >= 0.6 is 0 Å². The Balaban J connectivity index is 1.10. The summed E-state index contributed by atoms with van der Waals surface area (Å²) in [7, 11) is 0. The highest BCUT2D eigenvalue weighted by atomic mass is 15.1. The van der Waals surface area contributed by atoms with E-state index in [1.165, 1.54) is 82.3 Å². The average Bonchev–Trinajstić information content (AvgIpc) is 3.88. The molecule has 0 radical (unpaired) electrons. The van der Waals surface area contributed by atoms with Crippen LogP contribution in [0.3, 0.4) is 0 Å². The molecule has 1 aromatic heterocycles. The summed E-state index contributed by atoms with van der Waals surface area (Å²) in [6.07, 6.45) is 0. The molecule has 1 aliphatic rings. The first-order valence-corrected chi connectivity index (χ1v) is 22.5. The van der Waals surface area contributed by atoms with Gasteiger partial charge in [-0.2, -0.15) is 0 Å². The first kappa shape index (κ1) is 37.1. The molecule has 1 heterocycles. The molecule has 0 bridgehead atoms. The van der Waals surface area contributed by atoms with Crippen molar-refractivity contribution in [1.29, 1.82) is 0 Å². The smallest absolute Gasteiger partial charge is 0.0714 e. The zero-order valence-electron chi connectivity index (χ0n) is 35.6. The number of hydrogen-bond acceptors (Lipinski definition) is 1. The van der Waals surface area contributed by atoms with E-state index in [2.05, 4.69) is 264 Å². The van der Waals surface area contributed by atoms with Gasteiger partial charge in [-0.25, -0.2) is 0 Å². The first-order chi connectivity index (χ1) is 32.2. The summed E-state index contributed by atoms with van der Waals surface area (Å²) in [5, 5.41) is 7.35. The number of nitrogens with zero attached hydrogens (tertiary/aromatic N) is 2. The topological polar surface area (TPSA) is 8.17 Å². The van der Waals surface area contributed by atoms with Crippen LogP contribution in [-0.2, 0) is 5.41 Å². The Kier molecular flexibility index (Phi) is 8.47. The third kappa shape index (κ3) is 5.74. The predicted molar refractivity (Wildman–Crippen MR) is 273 cm³/mol. The monoisotopic (exact) mass is 826 g/mol. The van der Waals surface area contributed by atoms with E-state index in [9.17, 15) is 0 Å². The molecule has 2 heteroatoms. The Hall–Kier alpha value is -8.46. The standard InChI is InChI=1S/C63H42N2/c1-4-17-43(18-5-1)46-22-16-25-49(39-46)63(48-23-6-2-7-24-48)59-30-15-14-29-55(59)56-37-34-52(41-60(56)63)64(51-33-31-44-19-10-11-21-47(44)40-51)53-35-38-57-58-36-32-45-20-12-13-28-54(45)62(58)65(61(57)42-53)50-26-8-3-9-27-50/h1-42H. The molecule has 1 atom stereocenters. The molecule has 0 aliphatic heterocycles. The van der Waals surface area contributed by atoms with Crippen LogP contribution in [0.15, 0.2) is 255 Å². The van der Waals surface area contributed by atoms with Crippen LogP contribution in [0, 0.1) is 0 Å². The molecule has 1 aliphatic carbocycles. The van der Waals surface area contributed by atoms with Crippen molar-refractivity contribution < 1.29 is 0 Å². The molecule has 12 aromatic rings. The third-order valence-electron chi connectivity index (χ3n) is 13.8. The van der Waals surface area contributed by atoms with E-state index < -0.39 is 5.41 Å². The van der Waals surface area contributed by atoms with Crippen LogP contribution in [-0.4, -0.2) is 4.57 Å². The summed E-state index contributed by atoms with van der Waals surface area (Å²) in [6, 6.07) is 94.1. The number of benzene rings is 11. The van der Waals surface area contributed by atoms with Crippen LogP contribution in [0.25, 0.3) is 71.3 Å². The second kappa shape index (κ2) is 14.8. The SMILES string of the molecule is c1ccc(-c2cccc(C3(c4ccccc4)c4ccccc4-c4ccc(N(c5ccc6ccccc6c5)c5ccc6c7ccc8ccccc8c7n(-c7ccccc7)c6c5)cc43)c2)cc1. The second-order valence-electron chi connectivity index (χ2n) is 17.3. The predicted octanol–water partition coefficient (Wildman–Crippen LogP) is 16.6. The summed E-state index contributed by atoms with van der Waals surface area (Å²) in [6.45, 7) is 0. The largest absolute Gasteiger partial charge is 0.310 e. The molecular formula is C63H42N2. The highest BCUT2D eigenvalue weighted by Gasteiger charge is 2.46. The lowest BCUT2D eigenvalue weighted by atomic mass is 9.67. The molecule has 65 heavy (non-hydrogen) atoms. The van der Waals surface area contributed by atoms with E-state index in [0.717, 1.165) is 28.3 Å². The van der Waals surface area contributed by atoms with Gasteiger partial charge in [-0.05, 0) is 115 Å². The summed E-state index contributed by atoms with van der Waals surface area (Å²) < 4.78 is 2.47. The van der Waals surface area contributed by atoms with Crippen molar-refractivity contribution in [3.8, 4) is 27.9 Å². The molecule has 2 nitrogen and oxygen atoms in total. The molecule has 0 N–H and O–H groups in total. The van der Waals surface area contributed by atoms with Gasteiger partial charge in [0.2, 0.25) is 0 Å². The minimum atomic E-state index is -0.589. The third-order valence-corrected chi connectivity index (χ3v) is 13.8. The fourth-order valence-corrected chi connectivity index (χ4v) is 11.0. The number of hydrogen-bond donors (Lipinski definition) is 0. The minimum absolute atomic E-state index is 0.589. The fourth-order valence-electron chi connectivity index (χ4n) is 11.0. The van der Waals surface area contributed by atoms with Gasteiger partial charge in [0.05, 0.1) is 16.4 Å². The maximum absolute atomic E-state index is 2.48. The summed E-state index contributed by atoms with van der Waals surface area (Å²) in [4.78, 5) is 2.47. The summed E-state index contributed by atoms with van der Waals surface area (Å²) in [5.74, 6) is 0. The first-order valence-electron chi connectivity index (χ1n) is 22.5. The Labute approximate surface area is 378 Å². The Morgan fingerprint density at radius 3 is 1.75 bits per heavy atom. The van der Waals surface area contributed by atoms with Gasteiger partial charge in [-0.1, -0.05) is 200 Å². The number of fused-ring (bicyclic) bond motifs is 9. The summed E-state index contributed by atoms with van der Waals surface area (Å²) in [5.41, 5.74) is 16.2. The lowest BCUT2D eigenvalue weighted by Gasteiger charge is -2.35. The van der Waals surface area contributed by atoms with Gasteiger partial charge in [-0.15, -0.1) is 0 Å². The van der Waals surface area contributed by atoms with Crippen LogP contribution in [0.4, 0.5) is 17.1 Å². The molecule has 304 valence electrons. The van der Waals surface area contributed by atoms with Gasteiger partial charge in [-0.3, -0.25) is 0 Å². The van der Waals surface area contributed by atoms with Gasteiger partial charge in [0.25, 0.3) is 0 Å². The van der Waals surface area contributed by atoms with Crippen LogP contribution in [0.5, 0.6) is 0 Å². The molecule has 0 fully saturated rings. The second-order valence-corrected chi connectivity index (χ2v) is 17.3. The molecule has 0 saturated heterocycles. The van der Waals surface area contributed by atoms with E-state index >= 15 is 0 Å². The zero-order chi connectivity index (χ0) is 42.9. The van der Waals surface area contributed by atoms with Crippen LogP contribution in [0.1, 0.15) is 22.3 Å². The van der Waals surface area contributed by atoms with E-state index in [1.807, 2.05) is 0 Å². The molecule has 0 amide bonds. The molecular weight excluding hydrogens is 785 g/mol. The lowest BCUT2D eigenvalue weighted by Crippen LogP contribution is -2.29. The normalized spacial score (nSPS) is 14.2. The maximum atomic E-state index is 2.48. The van der Waals surface area contributed by atoms with E-state index in [-0.39, 0.29) is 0 Å². The van der Waals surface area contributed by atoms with E-state index in [1.54, 1.807) is 0 Å². The van der Waals surface area contributed by atoms with Crippen molar-refractivity contribution in [2.45, 2.75) is 5.41 Å². The van der Waals surface area contributed by atoms with Crippen LogP contribution in [0.2, 0.25) is 0 Å². The number of rotatable bonds is 7. The Morgan fingerprint density at radius 2 is 0.908 bits per heavy atom. The molecule has 0 saturated carbocycles. The van der Waals surface area contributed by atoms with Gasteiger partial charge >= 0.3 is 0 Å². The van der Waals surface area contributed by atoms with Crippen molar-refractivity contribution in [1.82, 2.24) is 4.57 Å². The van der Waals surface area contributed by atoms with Crippen LogP contribution < -0.4 is 4.90 Å². The summed E-state index contributed by atoms with van der Waals surface area (Å²) >= 11 is 0. The molecule has 0 spiro atoms. The van der Waals surface area contributed by atoms with E-state index in [0.29, 0.717) is 0 Å². The van der Waals surface area contributed by atoms with E-state index in [4.69, 9.17) is 0 Å². The van der Waals surface area contributed by atoms with Gasteiger partial charge in [0.1, 0.15) is 0 Å². The Morgan fingerprint density at radius 1 is 0.323 bits per heavy atom. The highest BCUT2D eigenvalue weighted by molar-refractivity contribution is 6.19. The minimum Gasteiger partial charge on any atom is -0.310 e. The molecule has 1 unspecified atom stereocenters. The van der Waals surface area contributed by atoms with Crippen molar-refractivity contribution >= 4 is 60.4 Å². The number of anilines is 3. The van der Waals surface area contributed by atoms with Crippen molar-refractivity contribution in [2.24, 2.45) is 0 Å². The van der Waals surface area contributed by atoms with Gasteiger partial charge in [0, 0.05) is 38.9 Å². The average molecular weight is 827 g/mol. The van der Waals surface area contributed by atoms with Gasteiger partial charge in [0.15, 0.2) is 0 Å². The van der Waals surface area contributed by atoms with Crippen molar-refractivity contribution in [2.75, 3.05) is 4.90 Å². The lowest BCUT2D eigenvalue weighted by molar-refractivity contribution is 0.769. The number of para-hydroxylation sites is 1. The fraction of sp³-hybridized carbons (Fsp3) is 0.0159. The highest BCUT2D eigenvalue weighted by Crippen LogP contribution is 2.58. The molecule has 11 aromatic carbocycles. The van der Waals surface area contributed by atoms with Gasteiger partial charge < -0.3 is 9.47 Å². The van der Waals surface area contributed by atoms with Crippen molar-refractivity contribution in [3.63, 3.8) is 0 Å². The Bertz CT molecular complexity index is 3770. The zero-order valence-corrected chi connectivity index (χ0v) is 35.6. The maximum Gasteiger partial charge on any atom is 0.0714 e.